The van der Waals surface area contributed by atoms with Crippen LogP contribution in [-0.4, -0.2) is 13.1 Å². The highest BCUT2D eigenvalue weighted by Crippen LogP contribution is 2.39. The van der Waals surface area contributed by atoms with Gasteiger partial charge in [-0.2, -0.15) is 5.26 Å². The Hall–Kier alpha value is -3.19. The fraction of sp³-hybridized carbons (Fsp3) is 0.345. The third kappa shape index (κ3) is 4.78. The van der Waals surface area contributed by atoms with Gasteiger partial charge < -0.3 is 4.90 Å². The minimum absolute atomic E-state index is 0.370. The van der Waals surface area contributed by atoms with Crippen LogP contribution in [0, 0.1) is 42.7 Å². The van der Waals surface area contributed by atoms with Crippen LogP contribution in [0.2, 0.25) is 0 Å². The topological polar surface area (TPSA) is 27.0 Å². The van der Waals surface area contributed by atoms with Gasteiger partial charge in [0.1, 0.15) is 11.6 Å². The van der Waals surface area contributed by atoms with E-state index in [-0.39, 0.29) is 0 Å². The van der Waals surface area contributed by atoms with E-state index in [1.807, 2.05) is 12.1 Å². The predicted octanol–water partition coefficient (Wildman–Crippen LogP) is 7.14. The summed E-state index contributed by atoms with van der Waals surface area (Å²) in [6.07, 6.45) is 3.47. The Morgan fingerprint density at radius 2 is 1.70 bits per heavy atom. The number of anilines is 1. The summed E-state index contributed by atoms with van der Waals surface area (Å²) >= 11 is 0. The van der Waals surface area contributed by atoms with Gasteiger partial charge in [0.25, 0.3) is 0 Å². The van der Waals surface area contributed by atoms with Crippen LogP contribution in [0.3, 0.4) is 0 Å². The number of halogens is 2. The number of hydrogen-bond donors (Lipinski definition) is 0. The van der Waals surface area contributed by atoms with Crippen molar-refractivity contribution < 1.29 is 8.78 Å². The molecule has 0 aromatic heterocycles. The molecule has 0 amide bonds. The molecule has 1 saturated heterocycles. The van der Waals surface area contributed by atoms with E-state index in [0.717, 1.165) is 49.7 Å². The number of aryl methyl sites for hydroxylation is 2. The molecule has 1 aliphatic heterocycles. The Balaban J connectivity index is 1.61. The molecule has 3 aromatic rings. The van der Waals surface area contributed by atoms with Crippen molar-refractivity contribution >= 4 is 5.69 Å². The fourth-order valence-electron chi connectivity index (χ4n) is 5.16. The van der Waals surface area contributed by atoms with Crippen molar-refractivity contribution in [2.75, 3.05) is 18.0 Å². The third-order valence-corrected chi connectivity index (χ3v) is 6.98. The van der Waals surface area contributed by atoms with E-state index in [4.69, 9.17) is 0 Å². The molecule has 170 valence electrons. The van der Waals surface area contributed by atoms with Crippen LogP contribution >= 0.6 is 0 Å². The summed E-state index contributed by atoms with van der Waals surface area (Å²) in [6.45, 7) is 8.21. The van der Waals surface area contributed by atoms with Gasteiger partial charge in [-0.15, -0.1) is 0 Å². The number of nitriles is 1. The van der Waals surface area contributed by atoms with Crippen molar-refractivity contribution in [1.29, 1.82) is 5.26 Å². The molecule has 4 rings (SSSR count). The molecule has 0 saturated carbocycles. The Labute approximate surface area is 195 Å². The van der Waals surface area contributed by atoms with Crippen molar-refractivity contribution in [2.24, 2.45) is 5.92 Å². The first-order valence-corrected chi connectivity index (χ1v) is 11.7. The van der Waals surface area contributed by atoms with E-state index in [1.54, 1.807) is 6.07 Å². The van der Waals surface area contributed by atoms with E-state index in [9.17, 15) is 14.0 Å². The first kappa shape index (κ1) is 23.0. The van der Waals surface area contributed by atoms with Crippen LogP contribution in [0.25, 0.3) is 11.1 Å². The Morgan fingerprint density at radius 1 is 0.970 bits per heavy atom. The third-order valence-electron chi connectivity index (χ3n) is 6.98. The molecule has 2 nitrogen and oxygen atoms in total. The van der Waals surface area contributed by atoms with Gasteiger partial charge in [-0.25, -0.2) is 8.78 Å². The molecule has 0 atom stereocenters. The lowest BCUT2D eigenvalue weighted by atomic mass is 9.87. The number of benzene rings is 3. The fourth-order valence-corrected chi connectivity index (χ4v) is 5.16. The van der Waals surface area contributed by atoms with Crippen LogP contribution < -0.4 is 4.90 Å². The largest absolute Gasteiger partial charge is 0.371 e. The smallest absolute Gasteiger partial charge is 0.129 e. The SMILES string of the molecule is CCc1c(C)ccc(C)c1-c1cc(C#N)ccc1N1CCC(Cc2ccc(F)cc2F)CC1. The second-order valence-electron chi connectivity index (χ2n) is 9.12. The van der Waals surface area contributed by atoms with Crippen LogP contribution in [0.4, 0.5) is 14.5 Å². The number of rotatable bonds is 5. The van der Waals surface area contributed by atoms with Gasteiger partial charge >= 0.3 is 0 Å². The van der Waals surface area contributed by atoms with E-state index in [1.165, 1.54) is 28.3 Å². The van der Waals surface area contributed by atoms with E-state index in [0.29, 0.717) is 23.5 Å². The Morgan fingerprint density at radius 3 is 2.36 bits per heavy atom. The molecule has 1 aliphatic rings. The second-order valence-corrected chi connectivity index (χ2v) is 9.12. The van der Waals surface area contributed by atoms with Gasteiger partial charge in [0.15, 0.2) is 0 Å². The van der Waals surface area contributed by atoms with Gasteiger partial charge in [0.2, 0.25) is 0 Å². The molecule has 0 unspecified atom stereocenters. The highest BCUT2D eigenvalue weighted by Gasteiger charge is 2.24. The molecule has 1 fully saturated rings. The Bertz CT molecular complexity index is 1200. The van der Waals surface area contributed by atoms with Crippen molar-refractivity contribution in [3.63, 3.8) is 0 Å². The highest BCUT2D eigenvalue weighted by molar-refractivity contribution is 5.84. The molecule has 4 heteroatoms. The molecule has 0 radical (unpaired) electrons. The molecule has 33 heavy (non-hydrogen) atoms. The highest BCUT2D eigenvalue weighted by atomic mass is 19.1. The van der Waals surface area contributed by atoms with Gasteiger partial charge in [0.05, 0.1) is 11.6 Å². The molecular weight excluding hydrogens is 414 g/mol. The number of piperidine rings is 1. The summed E-state index contributed by atoms with van der Waals surface area (Å²) in [5.74, 6) is -0.610. The molecule has 0 N–H and O–H groups in total. The lowest BCUT2D eigenvalue weighted by Crippen LogP contribution is -2.34. The maximum absolute atomic E-state index is 14.1. The lowest BCUT2D eigenvalue weighted by molar-refractivity contribution is 0.397. The molecule has 0 bridgehead atoms. The molecular formula is C29H30F2N2. The standard InChI is InChI=1S/C29H30F2N2/c1-4-25-19(2)5-6-20(3)29(25)26-16-22(18-32)7-10-28(26)33-13-11-21(12-14-33)15-23-8-9-24(30)17-27(23)31/h5-10,16-17,21H,4,11-15H2,1-3H3. The summed E-state index contributed by atoms with van der Waals surface area (Å²) in [5, 5.41) is 9.56. The normalized spacial score (nSPS) is 14.4. The number of nitrogens with zero attached hydrogens (tertiary/aromatic N) is 2. The molecule has 1 heterocycles. The van der Waals surface area contributed by atoms with Gasteiger partial charge in [0, 0.05) is 30.4 Å². The molecule has 0 aliphatic carbocycles. The summed E-state index contributed by atoms with van der Waals surface area (Å²) in [4.78, 5) is 2.40. The maximum atomic E-state index is 14.1. The minimum Gasteiger partial charge on any atom is -0.371 e. The monoisotopic (exact) mass is 444 g/mol. The van der Waals surface area contributed by atoms with Crippen molar-refractivity contribution in [3.8, 4) is 17.2 Å². The van der Waals surface area contributed by atoms with Gasteiger partial charge in [-0.3, -0.25) is 0 Å². The zero-order chi connectivity index (χ0) is 23.5. The summed E-state index contributed by atoms with van der Waals surface area (Å²) < 4.78 is 27.4. The predicted molar refractivity (Wildman–Crippen MR) is 130 cm³/mol. The zero-order valence-corrected chi connectivity index (χ0v) is 19.6. The first-order chi connectivity index (χ1) is 15.9. The summed E-state index contributed by atoms with van der Waals surface area (Å²) in [5.41, 5.74) is 8.59. The maximum Gasteiger partial charge on any atom is 0.129 e. The van der Waals surface area contributed by atoms with Gasteiger partial charge in [-0.05, 0) is 97.5 Å². The average Bonchev–Trinajstić information content (AvgIpc) is 2.82. The van der Waals surface area contributed by atoms with Crippen molar-refractivity contribution in [1.82, 2.24) is 0 Å². The molecule has 0 spiro atoms. The summed E-state index contributed by atoms with van der Waals surface area (Å²) in [7, 11) is 0. The summed E-state index contributed by atoms with van der Waals surface area (Å²) in [6, 6.07) is 16.5. The van der Waals surface area contributed by atoms with E-state index in [2.05, 4.69) is 49.9 Å². The van der Waals surface area contributed by atoms with E-state index < -0.39 is 11.6 Å². The van der Waals surface area contributed by atoms with E-state index >= 15 is 0 Å². The first-order valence-electron chi connectivity index (χ1n) is 11.7. The van der Waals surface area contributed by atoms with Crippen LogP contribution in [0.1, 0.15) is 47.6 Å². The average molecular weight is 445 g/mol. The second kappa shape index (κ2) is 9.75. The number of hydrogen-bond acceptors (Lipinski definition) is 2. The Kier molecular flexibility index (Phi) is 6.79. The van der Waals surface area contributed by atoms with Crippen molar-refractivity contribution in [2.45, 2.75) is 46.5 Å². The van der Waals surface area contributed by atoms with Gasteiger partial charge in [-0.1, -0.05) is 25.1 Å². The van der Waals surface area contributed by atoms with Crippen LogP contribution in [-0.2, 0) is 12.8 Å². The quantitative estimate of drug-likeness (QED) is 0.418. The van der Waals surface area contributed by atoms with Crippen molar-refractivity contribution in [3.05, 3.63) is 88.0 Å². The zero-order valence-electron chi connectivity index (χ0n) is 19.6. The minimum atomic E-state index is -0.530. The lowest BCUT2D eigenvalue weighted by Gasteiger charge is -2.35. The van der Waals surface area contributed by atoms with Crippen LogP contribution in [0.15, 0.2) is 48.5 Å². The molecule has 3 aromatic carbocycles. The van der Waals surface area contributed by atoms with Crippen LogP contribution in [0.5, 0.6) is 0 Å².